The van der Waals surface area contributed by atoms with Crippen LogP contribution in [0.15, 0.2) is 36.1 Å². The maximum absolute atomic E-state index is 12.3. The first kappa shape index (κ1) is 12.7. The Morgan fingerprint density at radius 2 is 2.05 bits per heavy atom. The van der Waals surface area contributed by atoms with Crippen LogP contribution in [-0.4, -0.2) is 18.6 Å². The molecule has 1 aliphatic carbocycles. The fourth-order valence-corrected chi connectivity index (χ4v) is 4.57. The molecular weight excluding hydrogens is 266 g/mol. The number of hydrogen-bond acceptors (Lipinski definition) is 4. The molecule has 2 unspecified atom stereocenters. The fourth-order valence-electron chi connectivity index (χ4n) is 4.57. The highest BCUT2D eigenvalue weighted by molar-refractivity contribution is 5.94. The Bertz CT molecular complexity index is 653. The van der Waals surface area contributed by atoms with Gasteiger partial charge in [-0.3, -0.25) is 0 Å². The first-order valence-electron chi connectivity index (χ1n) is 7.51. The van der Waals surface area contributed by atoms with Crippen molar-refractivity contribution >= 4 is 11.7 Å². The number of hydrogen-bond donors (Lipinski definition) is 0. The van der Waals surface area contributed by atoms with Gasteiger partial charge in [0.2, 0.25) is 0 Å². The topological polar surface area (TPSA) is 38.8 Å². The second-order valence-electron chi connectivity index (χ2n) is 6.34. The Morgan fingerprint density at radius 1 is 1.29 bits per heavy atom. The molecule has 0 amide bonds. The summed E-state index contributed by atoms with van der Waals surface area (Å²) in [5, 5.41) is 1.95. The molecule has 3 aliphatic rings. The summed E-state index contributed by atoms with van der Waals surface area (Å²) < 4.78 is 5.02. The molecule has 1 spiro atoms. The first-order chi connectivity index (χ1) is 10.1. The van der Waals surface area contributed by atoms with Crippen LogP contribution < -0.4 is 5.06 Å². The number of ether oxygens (including phenoxy) is 1. The average molecular weight is 285 g/mol. The maximum Gasteiger partial charge on any atom is 0.339 e. The third kappa shape index (κ3) is 1.29. The van der Waals surface area contributed by atoms with Crippen LogP contribution in [0.2, 0.25) is 0 Å². The predicted octanol–water partition coefficient (Wildman–Crippen LogP) is 3.08. The molecule has 1 aromatic carbocycles. The maximum atomic E-state index is 12.3. The van der Waals surface area contributed by atoms with Gasteiger partial charge in [-0.25, -0.2) is 4.79 Å². The molecule has 21 heavy (non-hydrogen) atoms. The minimum atomic E-state index is -0.415. The van der Waals surface area contributed by atoms with E-state index in [1.165, 1.54) is 19.1 Å². The lowest BCUT2D eigenvalue weighted by Gasteiger charge is -2.47. The van der Waals surface area contributed by atoms with E-state index in [0.29, 0.717) is 5.57 Å². The number of rotatable bonds is 1. The summed E-state index contributed by atoms with van der Waals surface area (Å²) in [6.45, 7) is 2.26. The lowest BCUT2D eigenvalue weighted by atomic mass is 9.58. The molecule has 0 saturated heterocycles. The highest BCUT2D eigenvalue weighted by atomic mass is 16.7. The molecule has 1 saturated carbocycles. The van der Waals surface area contributed by atoms with Crippen molar-refractivity contribution in [1.82, 2.24) is 0 Å². The molecule has 1 aromatic rings. The van der Waals surface area contributed by atoms with E-state index in [2.05, 4.69) is 25.1 Å². The number of hydroxylamine groups is 1. The van der Waals surface area contributed by atoms with Crippen molar-refractivity contribution in [3.05, 3.63) is 41.7 Å². The molecule has 110 valence electrons. The third-order valence-electron chi connectivity index (χ3n) is 5.57. The molecule has 4 rings (SSSR count). The van der Waals surface area contributed by atoms with E-state index in [4.69, 9.17) is 9.57 Å². The van der Waals surface area contributed by atoms with Crippen molar-refractivity contribution in [1.29, 1.82) is 0 Å². The van der Waals surface area contributed by atoms with Gasteiger partial charge in [0.05, 0.1) is 12.8 Å². The number of anilines is 1. The summed E-state index contributed by atoms with van der Waals surface area (Å²) >= 11 is 0. The number of carbonyl (C=O) groups excluding carboxylic acids is 1. The summed E-state index contributed by atoms with van der Waals surface area (Å²) in [6.07, 6.45) is 5.83. The van der Waals surface area contributed by atoms with Crippen LogP contribution in [0.5, 0.6) is 0 Å². The van der Waals surface area contributed by atoms with E-state index < -0.39 is 5.54 Å². The number of carbonyl (C=O) groups is 1. The zero-order valence-corrected chi connectivity index (χ0v) is 12.4. The van der Waals surface area contributed by atoms with E-state index in [1.54, 1.807) is 6.26 Å². The van der Waals surface area contributed by atoms with Gasteiger partial charge in [0.1, 0.15) is 17.4 Å². The van der Waals surface area contributed by atoms with Gasteiger partial charge < -0.3 is 9.57 Å². The summed E-state index contributed by atoms with van der Waals surface area (Å²) in [5.74, 6) is -0.279. The van der Waals surface area contributed by atoms with Crippen molar-refractivity contribution in [2.75, 3.05) is 12.2 Å². The Hall–Kier alpha value is -1.97. The number of methoxy groups -OCH3 is 1. The SMILES string of the molecule is COC(=O)C1=CON2c3ccccc3C3(C)CCCCC123. The lowest BCUT2D eigenvalue weighted by molar-refractivity contribution is -0.137. The lowest BCUT2D eigenvalue weighted by Crippen LogP contribution is -2.58. The number of nitrogens with zero attached hydrogens (tertiary/aromatic N) is 1. The largest absolute Gasteiger partial charge is 0.466 e. The van der Waals surface area contributed by atoms with Crippen molar-refractivity contribution in [3.63, 3.8) is 0 Å². The smallest absolute Gasteiger partial charge is 0.339 e. The average Bonchev–Trinajstić information content (AvgIpc) is 2.99. The molecule has 2 atom stereocenters. The predicted molar refractivity (Wildman–Crippen MR) is 78.7 cm³/mol. The van der Waals surface area contributed by atoms with Gasteiger partial charge in [0.15, 0.2) is 0 Å². The first-order valence-corrected chi connectivity index (χ1v) is 7.51. The highest BCUT2D eigenvalue weighted by Crippen LogP contribution is 2.63. The minimum Gasteiger partial charge on any atom is -0.466 e. The van der Waals surface area contributed by atoms with Crippen LogP contribution in [0, 0.1) is 0 Å². The molecule has 0 N–H and O–H groups in total. The molecular formula is C17H19NO3. The van der Waals surface area contributed by atoms with Crippen molar-refractivity contribution in [2.24, 2.45) is 0 Å². The van der Waals surface area contributed by atoms with Crippen LogP contribution in [-0.2, 0) is 19.8 Å². The molecule has 0 radical (unpaired) electrons. The van der Waals surface area contributed by atoms with Crippen LogP contribution in [0.3, 0.4) is 0 Å². The Labute approximate surface area is 124 Å². The Kier molecular flexibility index (Phi) is 2.44. The molecule has 2 heterocycles. The van der Waals surface area contributed by atoms with Crippen LogP contribution in [0.4, 0.5) is 5.69 Å². The molecule has 4 heteroatoms. The quantitative estimate of drug-likeness (QED) is 0.743. The second kappa shape index (κ2) is 4.03. The van der Waals surface area contributed by atoms with Crippen LogP contribution >= 0.6 is 0 Å². The zero-order chi connectivity index (χ0) is 14.7. The molecule has 0 aromatic heterocycles. The van der Waals surface area contributed by atoms with E-state index in [0.717, 1.165) is 24.9 Å². The Morgan fingerprint density at radius 3 is 2.86 bits per heavy atom. The van der Waals surface area contributed by atoms with Gasteiger partial charge in [0.25, 0.3) is 0 Å². The molecule has 4 nitrogen and oxygen atoms in total. The van der Waals surface area contributed by atoms with Gasteiger partial charge in [-0.05, 0) is 24.5 Å². The van der Waals surface area contributed by atoms with Crippen LogP contribution in [0.25, 0.3) is 0 Å². The summed E-state index contributed by atoms with van der Waals surface area (Å²) in [5.41, 5.74) is 2.49. The van der Waals surface area contributed by atoms with Gasteiger partial charge in [-0.15, -0.1) is 0 Å². The van der Waals surface area contributed by atoms with Gasteiger partial charge in [-0.1, -0.05) is 38.0 Å². The minimum absolute atomic E-state index is 0.113. The molecule has 0 bridgehead atoms. The van der Waals surface area contributed by atoms with Gasteiger partial charge in [-0.2, -0.15) is 5.06 Å². The van der Waals surface area contributed by atoms with E-state index in [-0.39, 0.29) is 11.4 Å². The fraction of sp³-hybridized carbons (Fsp3) is 0.471. The van der Waals surface area contributed by atoms with E-state index >= 15 is 0 Å². The second-order valence-corrected chi connectivity index (χ2v) is 6.34. The van der Waals surface area contributed by atoms with Gasteiger partial charge in [0, 0.05) is 5.41 Å². The summed E-state index contributed by atoms with van der Waals surface area (Å²) in [7, 11) is 1.44. The number of esters is 1. The van der Waals surface area contributed by atoms with E-state index in [9.17, 15) is 4.79 Å². The number of para-hydroxylation sites is 1. The van der Waals surface area contributed by atoms with Crippen LogP contribution in [0.1, 0.15) is 38.2 Å². The number of fused-ring (bicyclic) bond motifs is 3. The monoisotopic (exact) mass is 285 g/mol. The standard InChI is InChI=1S/C17H19NO3/c1-16-9-5-6-10-17(16)13(15(19)20-2)11-21-18(17)14-8-4-3-7-12(14)16/h3-4,7-8,11H,5-6,9-10H2,1-2H3. The number of benzene rings is 1. The van der Waals surface area contributed by atoms with Crippen molar-refractivity contribution < 1.29 is 14.4 Å². The molecule has 1 fully saturated rings. The van der Waals surface area contributed by atoms with Gasteiger partial charge >= 0.3 is 5.97 Å². The van der Waals surface area contributed by atoms with Crippen molar-refractivity contribution in [3.8, 4) is 0 Å². The normalized spacial score (nSPS) is 32.7. The summed E-state index contributed by atoms with van der Waals surface area (Å²) in [6, 6.07) is 8.33. The van der Waals surface area contributed by atoms with E-state index in [1.807, 2.05) is 11.1 Å². The third-order valence-corrected chi connectivity index (χ3v) is 5.57. The zero-order valence-electron chi connectivity index (χ0n) is 12.4. The molecule has 2 aliphatic heterocycles. The summed E-state index contributed by atoms with van der Waals surface area (Å²) in [4.78, 5) is 18.1. The highest BCUT2D eigenvalue weighted by Gasteiger charge is 2.67. The Balaban J connectivity index is 1.96. The van der Waals surface area contributed by atoms with Crippen molar-refractivity contribution in [2.45, 2.75) is 43.6 Å².